The van der Waals surface area contributed by atoms with Gasteiger partial charge in [-0.15, -0.1) is 0 Å². The minimum absolute atomic E-state index is 0.0552. The normalized spacial score (nSPS) is 45.4. The molecule has 3 aliphatic rings. The minimum Gasteiger partial charge on any atom is -0.455 e. The molecule has 0 radical (unpaired) electrons. The molecule has 0 bridgehead atoms. The summed E-state index contributed by atoms with van der Waals surface area (Å²) in [5.41, 5.74) is 0.178. The second-order valence-corrected chi connectivity index (χ2v) is 6.63. The van der Waals surface area contributed by atoms with E-state index in [2.05, 4.69) is 6.58 Å². The Morgan fingerprint density at radius 1 is 1.55 bits per heavy atom. The van der Waals surface area contributed by atoms with Crippen LogP contribution in [0.1, 0.15) is 20.8 Å². The highest BCUT2D eigenvalue weighted by Gasteiger charge is 2.74. The Kier molecular flexibility index (Phi) is 3.36. The van der Waals surface area contributed by atoms with Crippen LogP contribution in [-0.4, -0.2) is 46.7 Å². The first-order chi connectivity index (χ1) is 10.3. The van der Waals surface area contributed by atoms with Crippen LogP contribution in [0.15, 0.2) is 36.0 Å². The molecule has 5 nitrogen and oxygen atoms in total. The Labute approximate surface area is 129 Å². The van der Waals surface area contributed by atoms with Crippen molar-refractivity contribution < 1.29 is 24.5 Å². The predicted octanol–water partition coefficient (Wildman–Crippen LogP) is 1.12. The maximum atomic E-state index is 11.4. The minimum atomic E-state index is -0.891. The van der Waals surface area contributed by atoms with Crippen LogP contribution in [0.4, 0.5) is 0 Å². The van der Waals surface area contributed by atoms with E-state index < -0.39 is 29.2 Å². The largest absolute Gasteiger partial charge is 0.455 e. The van der Waals surface area contributed by atoms with Gasteiger partial charge in [0.15, 0.2) is 11.7 Å². The van der Waals surface area contributed by atoms with Crippen molar-refractivity contribution in [2.75, 3.05) is 6.61 Å². The van der Waals surface area contributed by atoms with Gasteiger partial charge in [-0.2, -0.15) is 0 Å². The van der Waals surface area contributed by atoms with Crippen LogP contribution >= 0.6 is 0 Å². The summed E-state index contributed by atoms with van der Waals surface area (Å²) in [4.78, 5) is 11.4. The molecular weight excluding hydrogens is 284 g/mol. The van der Waals surface area contributed by atoms with Gasteiger partial charge in [0.2, 0.25) is 0 Å². The van der Waals surface area contributed by atoms with Gasteiger partial charge in [0.05, 0.1) is 12.7 Å². The lowest BCUT2D eigenvalue weighted by Gasteiger charge is -2.45. The second kappa shape index (κ2) is 4.78. The van der Waals surface area contributed by atoms with Gasteiger partial charge in [0.1, 0.15) is 6.10 Å². The van der Waals surface area contributed by atoms with Gasteiger partial charge in [-0.1, -0.05) is 32.6 Å². The van der Waals surface area contributed by atoms with Crippen molar-refractivity contribution in [2.45, 2.75) is 44.7 Å². The Morgan fingerprint density at radius 2 is 2.23 bits per heavy atom. The second-order valence-electron chi connectivity index (χ2n) is 6.63. The van der Waals surface area contributed by atoms with Crippen molar-refractivity contribution in [3.8, 4) is 0 Å². The summed E-state index contributed by atoms with van der Waals surface area (Å²) in [6, 6.07) is 0. The third-order valence-corrected chi connectivity index (χ3v) is 5.53. The third kappa shape index (κ3) is 1.79. The molecule has 1 saturated heterocycles. The number of aliphatic hydroxyl groups is 2. The van der Waals surface area contributed by atoms with Gasteiger partial charge in [0, 0.05) is 12.3 Å². The fourth-order valence-electron chi connectivity index (χ4n) is 3.92. The van der Waals surface area contributed by atoms with Crippen LogP contribution in [0, 0.1) is 11.3 Å². The molecule has 1 heterocycles. The van der Waals surface area contributed by atoms with Crippen LogP contribution < -0.4 is 0 Å². The summed E-state index contributed by atoms with van der Waals surface area (Å²) in [5.74, 6) is -0.460. The van der Waals surface area contributed by atoms with Gasteiger partial charge in [-0.05, 0) is 23.1 Å². The Balaban J connectivity index is 2.10. The molecule has 2 aliphatic carbocycles. The number of epoxide rings is 1. The number of rotatable bonds is 3. The van der Waals surface area contributed by atoms with Crippen molar-refractivity contribution in [2.24, 2.45) is 11.3 Å². The van der Waals surface area contributed by atoms with Gasteiger partial charge >= 0.3 is 5.97 Å². The van der Waals surface area contributed by atoms with Gasteiger partial charge < -0.3 is 19.7 Å². The Hall–Kier alpha value is -1.43. The number of carbonyl (C=O) groups excluding carboxylic acids is 1. The molecule has 0 spiro atoms. The fraction of sp³-hybridized carbons (Fsp3) is 0.588. The molecule has 1 aliphatic heterocycles. The van der Waals surface area contributed by atoms with Crippen molar-refractivity contribution >= 4 is 5.97 Å². The van der Waals surface area contributed by atoms with Crippen molar-refractivity contribution in [1.82, 2.24) is 0 Å². The molecule has 22 heavy (non-hydrogen) atoms. The standard InChI is InChI=1S/C17H22O5/c1-9(8-18)17-14(21-11(3)19)7-12-5-6-13(20)10(2)16(12,4)15(17)22-17/h5-7,10,13-15,18,20H,1,8H2,2-4H3/t10-,13+,14-,15+,16+,17-/m0/s1. The Morgan fingerprint density at radius 3 is 2.82 bits per heavy atom. The Bertz CT molecular complexity index is 592. The van der Waals surface area contributed by atoms with Gasteiger partial charge in [0.25, 0.3) is 0 Å². The van der Waals surface area contributed by atoms with E-state index in [0.29, 0.717) is 5.57 Å². The number of ether oxygens (including phenoxy) is 2. The predicted molar refractivity (Wildman–Crippen MR) is 79.9 cm³/mol. The average molecular weight is 306 g/mol. The average Bonchev–Trinajstić information content (AvgIpc) is 3.23. The molecule has 0 saturated carbocycles. The van der Waals surface area contributed by atoms with E-state index in [9.17, 15) is 15.0 Å². The molecule has 0 unspecified atom stereocenters. The zero-order chi connectivity index (χ0) is 16.3. The molecule has 1 fully saturated rings. The summed E-state index contributed by atoms with van der Waals surface area (Å²) in [7, 11) is 0. The maximum Gasteiger partial charge on any atom is 0.303 e. The van der Waals surface area contributed by atoms with Gasteiger partial charge in [-0.25, -0.2) is 0 Å². The molecule has 0 aromatic rings. The van der Waals surface area contributed by atoms with Gasteiger partial charge in [-0.3, -0.25) is 4.79 Å². The lowest BCUT2D eigenvalue weighted by Crippen LogP contribution is -2.51. The van der Waals surface area contributed by atoms with E-state index >= 15 is 0 Å². The van der Waals surface area contributed by atoms with E-state index in [1.165, 1.54) is 6.92 Å². The zero-order valence-electron chi connectivity index (χ0n) is 13.1. The molecule has 0 aromatic heterocycles. The van der Waals surface area contributed by atoms with Crippen LogP contribution in [0.25, 0.3) is 0 Å². The quantitative estimate of drug-likeness (QED) is 0.464. The highest BCUT2D eigenvalue weighted by atomic mass is 16.7. The summed E-state index contributed by atoms with van der Waals surface area (Å²) in [6.45, 7) is 9.03. The molecule has 120 valence electrons. The summed E-state index contributed by atoms with van der Waals surface area (Å²) in [6.07, 6.45) is 4.04. The fourth-order valence-corrected chi connectivity index (χ4v) is 3.92. The maximum absolute atomic E-state index is 11.4. The van der Waals surface area contributed by atoms with Crippen LogP contribution in [-0.2, 0) is 14.3 Å². The van der Waals surface area contributed by atoms with E-state index in [4.69, 9.17) is 9.47 Å². The molecule has 2 N–H and O–H groups in total. The van der Waals surface area contributed by atoms with E-state index in [1.54, 1.807) is 6.08 Å². The lowest BCUT2D eigenvalue weighted by atomic mass is 9.58. The molecular formula is C17H22O5. The third-order valence-electron chi connectivity index (χ3n) is 5.53. The number of esters is 1. The first-order valence-electron chi connectivity index (χ1n) is 7.51. The topological polar surface area (TPSA) is 79.3 Å². The SMILES string of the molecule is C=C(CO)[C@@]12O[C@@H]1[C@@]1(C)C(=C[C@@H]2OC(C)=O)C=C[C@@H](O)[C@@H]1C. The summed E-state index contributed by atoms with van der Waals surface area (Å²) in [5, 5.41) is 19.7. The van der Waals surface area contributed by atoms with Crippen molar-refractivity contribution in [3.63, 3.8) is 0 Å². The smallest absolute Gasteiger partial charge is 0.303 e. The molecule has 5 heteroatoms. The number of hydrogen-bond acceptors (Lipinski definition) is 5. The lowest BCUT2D eigenvalue weighted by molar-refractivity contribution is -0.146. The summed E-state index contributed by atoms with van der Waals surface area (Å²) >= 11 is 0. The van der Waals surface area contributed by atoms with Crippen molar-refractivity contribution in [3.05, 3.63) is 36.0 Å². The molecule has 3 rings (SSSR count). The van der Waals surface area contributed by atoms with Crippen LogP contribution in [0.5, 0.6) is 0 Å². The molecule has 6 atom stereocenters. The van der Waals surface area contributed by atoms with E-state index in [1.807, 2.05) is 26.0 Å². The highest BCUT2D eigenvalue weighted by Crippen LogP contribution is 2.64. The number of carbonyl (C=O) groups is 1. The van der Waals surface area contributed by atoms with E-state index in [0.717, 1.165) is 5.57 Å². The summed E-state index contributed by atoms with van der Waals surface area (Å²) < 4.78 is 11.4. The first kappa shape index (κ1) is 15.5. The van der Waals surface area contributed by atoms with Crippen LogP contribution in [0.3, 0.4) is 0 Å². The van der Waals surface area contributed by atoms with Crippen LogP contribution in [0.2, 0.25) is 0 Å². The van der Waals surface area contributed by atoms with E-state index in [-0.39, 0.29) is 18.6 Å². The van der Waals surface area contributed by atoms with Crippen molar-refractivity contribution in [1.29, 1.82) is 0 Å². The number of aliphatic hydroxyl groups excluding tert-OH is 2. The molecule has 0 amide bonds. The number of hydrogen-bond donors (Lipinski definition) is 2. The number of allylic oxidation sites excluding steroid dienone is 1. The number of fused-ring (bicyclic) bond motifs is 3. The highest BCUT2D eigenvalue weighted by molar-refractivity contribution is 5.67. The molecule has 0 aromatic carbocycles. The monoisotopic (exact) mass is 306 g/mol. The first-order valence-corrected chi connectivity index (χ1v) is 7.51. The zero-order valence-corrected chi connectivity index (χ0v) is 13.1.